The Kier molecular flexibility index (Phi) is 3.07. The minimum atomic E-state index is 0.0172. The van der Waals surface area contributed by atoms with Gasteiger partial charge < -0.3 is 0 Å². The first-order chi connectivity index (χ1) is 8.38. The van der Waals surface area contributed by atoms with E-state index in [2.05, 4.69) is 25.9 Å². The van der Waals surface area contributed by atoms with Crippen molar-refractivity contribution >= 4 is 5.78 Å². The average Bonchev–Trinajstić information content (AvgIpc) is 2.74. The van der Waals surface area contributed by atoms with Crippen molar-refractivity contribution in [2.75, 3.05) is 0 Å². The molecule has 1 aromatic heterocycles. The molecule has 1 aromatic carbocycles. The van der Waals surface area contributed by atoms with E-state index in [0.717, 1.165) is 0 Å². The van der Waals surface area contributed by atoms with Gasteiger partial charge in [0.05, 0.1) is 11.8 Å². The summed E-state index contributed by atoms with van der Waals surface area (Å²) in [6, 6.07) is 7.80. The van der Waals surface area contributed by atoms with Gasteiger partial charge in [0.15, 0.2) is 5.78 Å². The Morgan fingerprint density at radius 2 is 1.72 bits per heavy atom. The Morgan fingerprint density at radius 1 is 1.11 bits per heavy atom. The third-order valence-electron chi connectivity index (χ3n) is 2.98. The third kappa shape index (κ3) is 2.50. The van der Waals surface area contributed by atoms with E-state index in [1.807, 2.05) is 24.3 Å². The molecule has 18 heavy (non-hydrogen) atoms. The van der Waals surface area contributed by atoms with Crippen LogP contribution in [0.5, 0.6) is 0 Å². The molecule has 0 bridgehead atoms. The number of carbonyl (C=O) groups is 1. The minimum absolute atomic E-state index is 0.0172. The maximum absolute atomic E-state index is 12.2. The van der Waals surface area contributed by atoms with Crippen LogP contribution >= 0.6 is 0 Å². The lowest BCUT2D eigenvalue weighted by molar-refractivity contribution is 0.103. The summed E-state index contributed by atoms with van der Waals surface area (Å²) in [6.07, 6.45) is 3.33. The van der Waals surface area contributed by atoms with Crippen molar-refractivity contribution in [3.05, 3.63) is 53.3 Å². The van der Waals surface area contributed by atoms with Crippen LogP contribution in [0.4, 0.5) is 0 Å². The van der Waals surface area contributed by atoms with Gasteiger partial charge >= 0.3 is 0 Å². The second-order valence-electron chi connectivity index (χ2n) is 5.56. The molecule has 0 saturated heterocycles. The van der Waals surface area contributed by atoms with Crippen LogP contribution in [0.1, 0.15) is 42.3 Å². The van der Waals surface area contributed by atoms with E-state index in [9.17, 15) is 4.79 Å². The van der Waals surface area contributed by atoms with Gasteiger partial charge in [-0.1, -0.05) is 45.0 Å². The zero-order valence-corrected chi connectivity index (χ0v) is 11.3. The Labute approximate surface area is 107 Å². The van der Waals surface area contributed by atoms with Crippen molar-refractivity contribution in [2.24, 2.45) is 7.05 Å². The van der Waals surface area contributed by atoms with Crippen LogP contribution in [0.15, 0.2) is 36.7 Å². The van der Waals surface area contributed by atoms with Gasteiger partial charge in [0, 0.05) is 18.8 Å². The van der Waals surface area contributed by atoms with E-state index in [-0.39, 0.29) is 11.2 Å². The smallest absolute Gasteiger partial charge is 0.196 e. The molecule has 0 aliphatic carbocycles. The van der Waals surface area contributed by atoms with Gasteiger partial charge in [-0.2, -0.15) is 5.10 Å². The minimum Gasteiger partial charge on any atom is -0.288 e. The zero-order valence-electron chi connectivity index (χ0n) is 11.3. The normalized spacial score (nSPS) is 11.6. The van der Waals surface area contributed by atoms with Crippen LogP contribution in [0, 0.1) is 0 Å². The molecule has 94 valence electrons. The van der Waals surface area contributed by atoms with Crippen LogP contribution < -0.4 is 0 Å². The highest BCUT2D eigenvalue weighted by Gasteiger charge is 2.15. The molecule has 0 fully saturated rings. The number of hydrogen-bond acceptors (Lipinski definition) is 2. The number of aromatic nitrogens is 2. The molecule has 0 atom stereocenters. The second-order valence-corrected chi connectivity index (χ2v) is 5.56. The first kappa shape index (κ1) is 12.6. The molecular weight excluding hydrogens is 224 g/mol. The summed E-state index contributed by atoms with van der Waals surface area (Å²) in [5, 5.41) is 4.02. The lowest BCUT2D eigenvalue weighted by Gasteiger charge is -2.18. The summed E-state index contributed by atoms with van der Waals surface area (Å²) in [6.45, 7) is 6.47. The third-order valence-corrected chi connectivity index (χ3v) is 2.98. The number of benzene rings is 1. The number of aryl methyl sites for hydroxylation is 1. The summed E-state index contributed by atoms with van der Waals surface area (Å²) in [5.41, 5.74) is 2.66. The maximum atomic E-state index is 12.2. The Bertz CT molecular complexity index is 559. The number of ketones is 1. The standard InChI is InChI=1S/C15H18N2O/c1-15(2,3)13-7-5-11(6-8-13)14(18)12-9-16-17(4)10-12/h5-10H,1-4H3. The second kappa shape index (κ2) is 4.41. The number of hydrogen-bond donors (Lipinski definition) is 0. The van der Waals surface area contributed by atoms with Crippen molar-refractivity contribution in [1.82, 2.24) is 9.78 Å². The maximum Gasteiger partial charge on any atom is 0.196 e. The highest BCUT2D eigenvalue weighted by molar-refractivity contribution is 6.08. The molecule has 1 heterocycles. The largest absolute Gasteiger partial charge is 0.288 e. The quantitative estimate of drug-likeness (QED) is 0.759. The molecule has 0 amide bonds. The lowest BCUT2D eigenvalue weighted by atomic mass is 9.86. The number of nitrogens with zero attached hydrogens (tertiary/aromatic N) is 2. The molecule has 3 heteroatoms. The molecular formula is C15H18N2O. The molecule has 0 saturated carbocycles. The van der Waals surface area contributed by atoms with Crippen LogP contribution in [-0.4, -0.2) is 15.6 Å². The van der Waals surface area contributed by atoms with Gasteiger partial charge in [-0.3, -0.25) is 9.48 Å². The van der Waals surface area contributed by atoms with E-state index < -0.39 is 0 Å². The zero-order chi connectivity index (χ0) is 13.3. The predicted molar refractivity (Wildman–Crippen MR) is 71.8 cm³/mol. The molecule has 0 spiro atoms. The van der Waals surface area contributed by atoms with Gasteiger partial charge in [-0.15, -0.1) is 0 Å². The molecule has 0 radical (unpaired) electrons. The van der Waals surface area contributed by atoms with Gasteiger partial charge in [-0.05, 0) is 11.0 Å². The summed E-state index contributed by atoms with van der Waals surface area (Å²) >= 11 is 0. The first-order valence-electron chi connectivity index (χ1n) is 6.02. The summed E-state index contributed by atoms with van der Waals surface area (Å²) in [4.78, 5) is 12.2. The van der Waals surface area contributed by atoms with Crippen LogP contribution in [0.3, 0.4) is 0 Å². The summed E-state index contributed by atoms with van der Waals surface area (Å²) < 4.78 is 1.64. The van der Waals surface area contributed by atoms with E-state index in [0.29, 0.717) is 11.1 Å². The number of rotatable bonds is 2. The van der Waals surface area contributed by atoms with Gasteiger partial charge in [-0.25, -0.2) is 0 Å². The molecule has 2 aromatic rings. The number of carbonyl (C=O) groups excluding carboxylic acids is 1. The fourth-order valence-corrected chi connectivity index (χ4v) is 1.83. The van der Waals surface area contributed by atoms with Crippen molar-refractivity contribution in [3.63, 3.8) is 0 Å². The molecule has 0 aliphatic rings. The van der Waals surface area contributed by atoms with Crippen LogP contribution in [0.2, 0.25) is 0 Å². The molecule has 0 N–H and O–H groups in total. The molecule has 0 unspecified atom stereocenters. The van der Waals surface area contributed by atoms with E-state index in [1.54, 1.807) is 24.1 Å². The summed E-state index contributed by atoms with van der Waals surface area (Å²) in [5.74, 6) is 0.0172. The average molecular weight is 242 g/mol. The van der Waals surface area contributed by atoms with Crippen molar-refractivity contribution in [2.45, 2.75) is 26.2 Å². The Morgan fingerprint density at radius 3 is 2.17 bits per heavy atom. The van der Waals surface area contributed by atoms with Crippen molar-refractivity contribution in [3.8, 4) is 0 Å². The molecule has 2 rings (SSSR count). The fraction of sp³-hybridized carbons (Fsp3) is 0.333. The monoisotopic (exact) mass is 242 g/mol. The fourth-order valence-electron chi connectivity index (χ4n) is 1.83. The Balaban J connectivity index is 2.28. The van der Waals surface area contributed by atoms with E-state index in [1.165, 1.54) is 5.56 Å². The predicted octanol–water partition coefficient (Wildman–Crippen LogP) is 2.95. The first-order valence-corrected chi connectivity index (χ1v) is 6.02. The Hall–Kier alpha value is -1.90. The summed E-state index contributed by atoms with van der Waals surface area (Å²) in [7, 11) is 1.81. The van der Waals surface area contributed by atoms with E-state index >= 15 is 0 Å². The topological polar surface area (TPSA) is 34.9 Å². The lowest BCUT2D eigenvalue weighted by Crippen LogP contribution is -2.11. The highest BCUT2D eigenvalue weighted by atomic mass is 16.1. The highest BCUT2D eigenvalue weighted by Crippen LogP contribution is 2.22. The van der Waals surface area contributed by atoms with Gasteiger partial charge in [0.1, 0.15) is 0 Å². The van der Waals surface area contributed by atoms with Crippen molar-refractivity contribution < 1.29 is 4.79 Å². The van der Waals surface area contributed by atoms with E-state index in [4.69, 9.17) is 0 Å². The van der Waals surface area contributed by atoms with Gasteiger partial charge in [0.25, 0.3) is 0 Å². The van der Waals surface area contributed by atoms with Crippen LogP contribution in [0.25, 0.3) is 0 Å². The van der Waals surface area contributed by atoms with Gasteiger partial charge in [0.2, 0.25) is 0 Å². The molecule has 3 nitrogen and oxygen atoms in total. The van der Waals surface area contributed by atoms with Crippen molar-refractivity contribution in [1.29, 1.82) is 0 Å². The van der Waals surface area contributed by atoms with Crippen LogP contribution in [-0.2, 0) is 12.5 Å². The SMILES string of the molecule is Cn1cc(C(=O)c2ccc(C(C)(C)C)cc2)cn1. The molecule has 0 aliphatic heterocycles.